The van der Waals surface area contributed by atoms with Gasteiger partial charge in [0.15, 0.2) is 0 Å². The van der Waals surface area contributed by atoms with Crippen LogP contribution in [-0.4, -0.2) is 4.98 Å². The molecule has 0 saturated carbocycles. The molecule has 0 atom stereocenters. The fraction of sp³-hybridized carbons (Fsp3) is 0.167. The first-order valence-electron chi connectivity index (χ1n) is 9.35. The van der Waals surface area contributed by atoms with E-state index in [2.05, 4.69) is 42.5 Å². The Balaban J connectivity index is 0.00000192. The number of hydrogen-bond acceptors (Lipinski definition) is 3. The van der Waals surface area contributed by atoms with Gasteiger partial charge in [-0.2, -0.15) is 5.26 Å². The molecule has 1 aliphatic carbocycles. The van der Waals surface area contributed by atoms with E-state index in [1.54, 1.807) is 0 Å². The summed E-state index contributed by atoms with van der Waals surface area (Å²) in [4.78, 5) is 7.68. The molecular weight excluding hydrogens is 384 g/mol. The first-order valence-corrected chi connectivity index (χ1v) is 10.2. The lowest BCUT2D eigenvalue weighted by Gasteiger charge is -2.13. The van der Waals surface area contributed by atoms with E-state index in [0.717, 1.165) is 22.5 Å². The lowest BCUT2D eigenvalue weighted by Crippen LogP contribution is -3.00. The van der Waals surface area contributed by atoms with Crippen LogP contribution in [0.4, 0.5) is 0 Å². The minimum absolute atomic E-state index is 0. The van der Waals surface area contributed by atoms with Crippen molar-refractivity contribution < 1.29 is 12.4 Å². The van der Waals surface area contributed by atoms with Crippen LogP contribution in [0.25, 0.3) is 32.6 Å². The molecule has 0 radical (unpaired) electrons. The summed E-state index contributed by atoms with van der Waals surface area (Å²) < 4.78 is 0. The molecule has 28 heavy (non-hydrogen) atoms. The third-order valence-corrected chi connectivity index (χ3v) is 6.51. The first-order chi connectivity index (χ1) is 13.3. The van der Waals surface area contributed by atoms with Gasteiger partial charge in [0.1, 0.15) is 4.83 Å². The fourth-order valence-electron chi connectivity index (χ4n) is 3.97. The summed E-state index contributed by atoms with van der Waals surface area (Å²) in [6, 6.07) is 22.8. The van der Waals surface area contributed by atoms with Crippen LogP contribution in [0.15, 0.2) is 60.7 Å². The van der Waals surface area contributed by atoms with Crippen LogP contribution >= 0.6 is 11.3 Å². The van der Waals surface area contributed by atoms with E-state index in [9.17, 15) is 0 Å². The van der Waals surface area contributed by atoms with Gasteiger partial charge in [-0.3, -0.25) is 0 Å². The number of nitrogens with zero attached hydrogens (tertiary/aromatic N) is 2. The van der Waals surface area contributed by atoms with E-state index in [4.69, 9.17) is 10.2 Å². The van der Waals surface area contributed by atoms with Gasteiger partial charge in [-0.1, -0.05) is 42.5 Å². The van der Waals surface area contributed by atoms with Gasteiger partial charge < -0.3 is 12.4 Å². The summed E-state index contributed by atoms with van der Waals surface area (Å²) in [5, 5.41) is 10.4. The smallest absolute Gasteiger partial charge is 0.125 e. The largest absolute Gasteiger partial charge is 1.00 e. The van der Waals surface area contributed by atoms with Gasteiger partial charge >= 0.3 is 0 Å². The van der Waals surface area contributed by atoms with Crippen LogP contribution < -0.4 is 12.4 Å². The summed E-state index contributed by atoms with van der Waals surface area (Å²) >= 11 is 1.86. The molecule has 2 aromatic carbocycles. The Morgan fingerprint density at radius 3 is 2.39 bits per heavy atom. The van der Waals surface area contributed by atoms with Crippen molar-refractivity contribution >= 4 is 21.6 Å². The molecule has 2 aromatic heterocycles. The van der Waals surface area contributed by atoms with E-state index in [-0.39, 0.29) is 12.4 Å². The first kappa shape index (κ1) is 18.7. The minimum atomic E-state index is 0. The van der Waals surface area contributed by atoms with Crippen LogP contribution in [0.1, 0.15) is 28.8 Å². The molecular formula is C24H18ClN2S-. The number of rotatable bonds is 2. The second-order valence-electron chi connectivity index (χ2n) is 7.00. The third kappa shape index (κ3) is 3.20. The summed E-state index contributed by atoms with van der Waals surface area (Å²) in [6.45, 7) is 0. The highest BCUT2D eigenvalue weighted by Crippen LogP contribution is 2.42. The van der Waals surface area contributed by atoms with Gasteiger partial charge in [-0.05, 0) is 60.6 Å². The monoisotopic (exact) mass is 401 g/mol. The van der Waals surface area contributed by atoms with Gasteiger partial charge in [0.05, 0.1) is 17.3 Å². The Labute approximate surface area is 174 Å². The number of aryl methyl sites for hydroxylation is 2. The Hall–Kier alpha value is -2.67. The predicted molar refractivity (Wildman–Crippen MR) is 112 cm³/mol. The normalized spacial score (nSPS) is 12.8. The van der Waals surface area contributed by atoms with Gasteiger partial charge in [0, 0.05) is 15.8 Å². The predicted octanol–water partition coefficient (Wildman–Crippen LogP) is 3.38. The lowest BCUT2D eigenvalue weighted by molar-refractivity contribution is -0.00000541. The van der Waals surface area contributed by atoms with Crippen molar-refractivity contribution in [1.29, 1.82) is 5.26 Å². The van der Waals surface area contributed by atoms with Gasteiger partial charge in [0.25, 0.3) is 0 Å². The highest BCUT2D eigenvalue weighted by atomic mass is 35.5. The molecule has 0 amide bonds. The number of nitriles is 1. The number of benzene rings is 2. The van der Waals surface area contributed by atoms with E-state index >= 15 is 0 Å². The molecule has 4 heteroatoms. The van der Waals surface area contributed by atoms with Gasteiger partial charge in [-0.25, -0.2) is 4.98 Å². The third-order valence-electron chi connectivity index (χ3n) is 5.32. The van der Waals surface area contributed by atoms with Crippen LogP contribution in [0.3, 0.4) is 0 Å². The van der Waals surface area contributed by atoms with E-state index in [1.165, 1.54) is 46.2 Å². The zero-order chi connectivity index (χ0) is 18.2. The molecule has 0 spiro atoms. The summed E-state index contributed by atoms with van der Waals surface area (Å²) in [5.41, 5.74) is 6.74. The zero-order valence-electron chi connectivity index (χ0n) is 15.3. The van der Waals surface area contributed by atoms with Crippen molar-refractivity contribution in [2.75, 3.05) is 0 Å². The molecule has 138 valence electrons. The molecule has 0 aliphatic heterocycles. The molecule has 0 saturated heterocycles. The Kier molecular flexibility index (Phi) is 5.17. The summed E-state index contributed by atoms with van der Waals surface area (Å²) in [6.07, 6.45) is 4.89. The molecule has 0 unspecified atom stereocenters. The zero-order valence-corrected chi connectivity index (χ0v) is 16.9. The van der Waals surface area contributed by atoms with Gasteiger partial charge in [-0.15, -0.1) is 11.3 Å². The maximum Gasteiger partial charge on any atom is 0.125 e. The Bertz CT molecular complexity index is 1170. The van der Waals surface area contributed by atoms with Crippen molar-refractivity contribution in [3.8, 4) is 28.5 Å². The van der Waals surface area contributed by atoms with Crippen LogP contribution in [-0.2, 0) is 12.8 Å². The summed E-state index contributed by atoms with van der Waals surface area (Å²) in [7, 11) is 0. The SMILES string of the molecule is N#Cc1ccc(-c2cc(-c3ccccc3)c3c4c(sc3n2)CCCC4)cc1.[Cl-]. The molecule has 0 N–H and O–H groups in total. The average Bonchev–Trinajstić information content (AvgIpc) is 3.12. The van der Waals surface area contributed by atoms with Crippen molar-refractivity contribution in [2.45, 2.75) is 25.7 Å². The number of hydrogen-bond donors (Lipinski definition) is 0. The molecule has 5 rings (SSSR count). The number of fused-ring (bicyclic) bond motifs is 3. The number of pyridine rings is 1. The van der Waals surface area contributed by atoms with Crippen molar-refractivity contribution in [3.63, 3.8) is 0 Å². The average molecular weight is 402 g/mol. The molecule has 2 nitrogen and oxygen atoms in total. The van der Waals surface area contributed by atoms with Crippen molar-refractivity contribution in [1.82, 2.24) is 4.98 Å². The maximum absolute atomic E-state index is 9.06. The molecule has 4 aromatic rings. The maximum atomic E-state index is 9.06. The second kappa shape index (κ2) is 7.75. The second-order valence-corrected chi connectivity index (χ2v) is 8.08. The lowest BCUT2D eigenvalue weighted by atomic mass is 9.92. The standard InChI is InChI=1S/C24H18N2S.ClH/c25-15-16-10-12-18(13-11-16)21-14-20(17-6-2-1-3-7-17)23-19-8-4-5-9-22(19)27-24(23)26-21;/h1-3,6-7,10-14H,4-5,8-9H2;1H/p-1. The molecule has 1 aliphatic rings. The topological polar surface area (TPSA) is 36.7 Å². The highest BCUT2D eigenvalue weighted by molar-refractivity contribution is 7.19. The number of aromatic nitrogens is 1. The van der Waals surface area contributed by atoms with Gasteiger partial charge in [0.2, 0.25) is 0 Å². The number of halogens is 1. The summed E-state index contributed by atoms with van der Waals surface area (Å²) in [5.74, 6) is 0. The molecule has 0 bridgehead atoms. The number of thiophene rings is 1. The van der Waals surface area contributed by atoms with Crippen molar-refractivity contribution in [2.24, 2.45) is 0 Å². The quantitative estimate of drug-likeness (QED) is 0.516. The Morgan fingerprint density at radius 2 is 1.64 bits per heavy atom. The van der Waals surface area contributed by atoms with Crippen LogP contribution in [0, 0.1) is 11.3 Å². The van der Waals surface area contributed by atoms with E-state index in [0.29, 0.717) is 5.56 Å². The van der Waals surface area contributed by atoms with E-state index < -0.39 is 0 Å². The van der Waals surface area contributed by atoms with Crippen LogP contribution in [0.5, 0.6) is 0 Å². The fourth-order valence-corrected chi connectivity index (χ4v) is 5.25. The van der Waals surface area contributed by atoms with Crippen molar-refractivity contribution in [3.05, 3.63) is 76.7 Å². The minimum Gasteiger partial charge on any atom is -1.00 e. The van der Waals surface area contributed by atoms with Crippen LogP contribution in [0.2, 0.25) is 0 Å². The highest BCUT2D eigenvalue weighted by Gasteiger charge is 2.21. The van der Waals surface area contributed by atoms with E-state index in [1.807, 2.05) is 35.6 Å². The molecule has 2 heterocycles. The Morgan fingerprint density at radius 1 is 0.893 bits per heavy atom. The molecule has 0 fully saturated rings.